The summed E-state index contributed by atoms with van der Waals surface area (Å²) < 4.78 is 13.5. The molecule has 6 atom stereocenters. The molecule has 0 saturated carbocycles. The Morgan fingerprint density at radius 1 is 1.17 bits per heavy atom. The van der Waals surface area contributed by atoms with Crippen LogP contribution < -0.4 is 0 Å². The lowest BCUT2D eigenvalue weighted by molar-refractivity contribution is 0.114. The molecule has 4 aliphatic rings. The van der Waals surface area contributed by atoms with Crippen LogP contribution in [0.25, 0.3) is 0 Å². The van der Waals surface area contributed by atoms with E-state index in [1.54, 1.807) is 11.6 Å². The van der Waals surface area contributed by atoms with Gasteiger partial charge in [-0.2, -0.15) is 0 Å². The molecule has 2 fully saturated rings. The first-order chi connectivity index (χ1) is 14.2. The topological polar surface area (TPSA) is 3.24 Å². The van der Waals surface area contributed by atoms with Gasteiger partial charge in [0.25, 0.3) is 0 Å². The predicted molar refractivity (Wildman–Crippen MR) is 129 cm³/mol. The largest absolute Gasteiger partial charge is 0.288 e. The molecule has 0 amide bonds. The normalized spacial score (nSPS) is 37.8. The van der Waals surface area contributed by atoms with Crippen LogP contribution in [0.2, 0.25) is 0 Å². The van der Waals surface area contributed by atoms with Gasteiger partial charge in [-0.25, -0.2) is 4.39 Å². The third-order valence-corrected chi connectivity index (χ3v) is 9.73. The maximum absolute atomic E-state index is 13.5. The van der Waals surface area contributed by atoms with Crippen molar-refractivity contribution in [3.05, 3.63) is 46.9 Å². The molecule has 2 heterocycles. The molecule has 4 rings (SSSR count). The Labute approximate surface area is 187 Å². The number of allylic oxidation sites excluding steroid dienone is 6. The number of hydrogen-bond donors (Lipinski definition) is 0. The van der Waals surface area contributed by atoms with Crippen molar-refractivity contribution in [3.63, 3.8) is 0 Å². The van der Waals surface area contributed by atoms with E-state index in [2.05, 4.69) is 76.6 Å². The van der Waals surface area contributed by atoms with Gasteiger partial charge in [0.1, 0.15) is 5.83 Å². The smallest absolute Gasteiger partial charge is 0.100 e. The predicted octanol–water partition coefficient (Wildman–Crippen LogP) is 7.68. The summed E-state index contributed by atoms with van der Waals surface area (Å²) in [4.78, 5) is 2.72. The molecule has 166 valence electrons. The second-order valence-corrected chi connectivity index (χ2v) is 12.4. The summed E-state index contributed by atoms with van der Waals surface area (Å²) in [6, 6.07) is 0.553. The van der Waals surface area contributed by atoms with Crippen LogP contribution in [0.5, 0.6) is 0 Å². The van der Waals surface area contributed by atoms with Gasteiger partial charge in [-0.15, -0.1) is 11.8 Å². The van der Waals surface area contributed by atoms with Gasteiger partial charge in [-0.05, 0) is 74.0 Å². The number of likely N-dealkylation sites (tertiary alicyclic amines) is 1. The van der Waals surface area contributed by atoms with Crippen molar-refractivity contribution >= 4 is 11.8 Å². The summed E-state index contributed by atoms with van der Waals surface area (Å²) >= 11 is 2.16. The highest BCUT2D eigenvalue weighted by molar-refractivity contribution is 8.00. The van der Waals surface area contributed by atoms with Crippen molar-refractivity contribution in [2.24, 2.45) is 23.2 Å². The quantitative estimate of drug-likeness (QED) is 0.452. The van der Waals surface area contributed by atoms with Crippen molar-refractivity contribution in [3.8, 4) is 0 Å². The average Bonchev–Trinajstić information content (AvgIpc) is 3.12. The Morgan fingerprint density at radius 3 is 2.57 bits per heavy atom. The number of piperidine rings is 1. The van der Waals surface area contributed by atoms with Gasteiger partial charge in [0, 0.05) is 17.7 Å². The lowest BCUT2D eigenvalue weighted by Crippen LogP contribution is -2.49. The molecule has 0 N–H and O–H groups in total. The first-order valence-corrected chi connectivity index (χ1v) is 13.0. The molecule has 3 heteroatoms. The minimum absolute atomic E-state index is 0.0442. The Bertz CT molecular complexity index is 783. The minimum Gasteiger partial charge on any atom is -0.288 e. The summed E-state index contributed by atoms with van der Waals surface area (Å²) in [6.45, 7) is 12.0. The molecule has 2 aliphatic carbocycles. The van der Waals surface area contributed by atoms with Crippen LogP contribution >= 0.6 is 11.8 Å². The molecule has 0 radical (unpaired) electrons. The number of likely N-dealkylation sites (N-methyl/N-ethyl adjacent to an activating group) is 1. The van der Waals surface area contributed by atoms with E-state index >= 15 is 0 Å². The van der Waals surface area contributed by atoms with Gasteiger partial charge in [-0.1, -0.05) is 64.0 Å². The van der Waals surface area contributed by atoms with E-state index in [4.69, 9.17) is 0 Å². The highest BCUT2D eigenvalue weighted by Crippen LogP contribution is 2.53. The zero-order valence-electron chi connectivity index (χ0n) is 19.7. The summed E-state index contributed by atoms with van der Waals surface area (Å²) in [5, 5.41) is 1.17. The Balaban J connectivity index is 1.56. The van der Waals surface area contributed by atoms with Crippen LogP contribution in [-0.4, -0.2) is 28.6 Å². The van der Waals surface area contributed by atoms with Gasteiger partial charge in [0.05, 0.1) is 5.37 Å². The van der Waals surface area contributed by atoms with Gasteiger partial charge < -0.3 is 0 Å². The SMILES string of the molecule is CCC1=CC(C)C(C(C)(C)C)C(C2CCC3CC(C4=CC=C(F)CC4)SC3N2C)=C1. The Morgan fingerprint density at radius 2 is 1.93 bits per heavy atom. The van der Waals surface area contributed by atoms with E-state index in [1.165, 1.54) is 30.4 Å². The molecule has 0 aromatic rings. The number of rotatable bonds is 3. The summed E-state index contributed by atoms with van der Waals surface area (Å²) in [6.07, 6.45) is 15.4. The third kappa shape index (κ3) is 4.26. The monoisotopic (exact) mass is 429 g/mol. The van der Waals surface area contributed by atoms with Crippen LogP contribution in [-0.2, 0) is 0 Å². The van der Waals surface area contributed by atoms with Gasteiger partial charge >= 0.3 is 0 Å². The van der Waals surface area contributed by atoms with Gasteiger partial charge in [-0.3, -0.25) is 4.90 Å². The van der Waals surface area contributed by atoms with E-state index < -0.39 is 0 Å². The first-order valence-electron chi connectivity index (χ1n) is 12.0. The average molecular weight is 430 g/mol. The van der Waals surface area contributed by atoms with E-state index in [9.17, 15) is 4.39 Å². The van der Waals surface area contributed by atoms with Crippen LogP contribution in [0, 0.1) is 23.2 Å². The number of thioether (sulfide) groups is 1. The number of hydrogen-bond acceptors (Lipinski definition) is 2. The van der Waals surface area contributed by atoms with Crippen LogP contribution in [0.1, 0.15) is 73.1 Å². The van der Waals surface area contributed by atoms with Crippen molar-refractivity contribution in [2.75, 3.05) is 7.05 Å². The molecule has 2 saturated heterocycles. The fourth-order valence-electron chi connectivity index (χ4n) is 6.61. The molecule has 6 unspecified atom stereocenters. The van der Waals surface area contributed by atoms with E-state index in [-0.39, 0.29) is 11.2 Å². The standard InChI is InChI=1S/C27H40FNS/c1-7-18-14-17(2)25(27(3,4)5)22(15-18)23-13-10-20-16-24(30-26(20)29(23)6)19-8-11-21(28)12-9-19/h8,11,14-15,17,20,23-26H,7,9-10,12-13,16H2,1-6H3. The second kappa shape index (κ2) is 8.62. The molecule has 0 bridgehead atoms. The molecule has 1 nitrogen and oxygen atoms in total. The number of halogens is 1. The zero-order valence-corrected chi connectivity index (χ0v) is 20.6. The van der Waals surface area contributed by atoms with Crippen LogP contribution in [0.3, 0.4) is 0 Å². The molecule has 0 aromatic heterocycles. The van der Waals surface area contributed by atoms with E-state index in [0.717, 1.165) is 18.8 Å². The zero-order chi connectivity index (χ0) is 21.6. The second-order valence-electron chi connectivity index (χ2n) is 11.1. The Kier molecular flexibility index (Phi) is 6.43. The van der Waals surface area contributed by atoms with Gasteiger partial charge in [0.15, 0.2) is 0 Å². The maximum Gasteiger partial charge on any atom is 0.100 e. The summed E-state index contributed by atoms with van der Waals surface area (Å²) in [5.74, 6) is 2.02. The number of nitrogens with zero attached hydrogens (tertiary/aromatic N) is 1. The van der Waals surface area contributed by atoms with Gasteiger partial charge in [0.2, 0.25) is 0 Å². The molecular formula is C27H40FNS. The Hall–Kier alpha value is -0.800. The molecule has 0 aromatic carbocycles. The summed E-state index contributed by atoms with van der Waals surface area (Å²) in [7, 11) is 2.38. The van der Waals surface area contributed by atoms with Crippen molar-refractivity contribution in [2.45, 2.75) is 89.8 Å². The molecular weight excluding hydrogens is 389 g/mol. The number of fused-ring (bicyclic) bond motifs is 1. The third-order valence-electron chi connectivity index (χ3n) is 7.91. The van der Waals surface area contributed by atoms with E-state index in [0.29, 0.717) is 34.9 Å². The maximum atomic E-state index is 13.5. The fourth-order valence-corrected chi connectivity index (χ4v) is 8.48. The molecule has 2 aliphatic heterocycles. The van der Waals surface area contributed by atoms with Crippen LogP contribution in [0.4, 0.5) is 4.39 Å². The lowest BCUT2D eigenvalue weighted by atomic mass is 9.64. The first kappa shape index (κ1) is 22.4. The lowest BCUT2D eigenvalue weighted by Gasteiger charge is -2.48. The van der Waals surface area contributed by atoms with E-state index in [1.807, 2.05) is 0 Å². The van der Waals surface area contributed by atoms with Crippen molar-refractivity contribution in [1.82, 2.24) is 4.90 Å². The highest BCUT2D eigenvalue weighted by Gasteiger charge is 2.47. The fraction of sp³-hybridized carbons (Fsp3) is 0.704. The minimum atomic E-state index is 0.0442. The molecule has 0 spiro atoms. The summed E-state index contributed by atoms with van der Waals surface area (Å²) in [5.41, 5.74) is 4.94. The van der Waals surface area contributed by atoms with Crippen LogP contribution in [0.15, 0.2) is 46.9 Å². The molecule has 30 heavy (non-hydrogen) atoms. The van der Waals surface area contributed by atoms with Crippen molar-refractivity contribution in [1.29, 1.82) is 0 Å². The highest BCUT2D eigenvalue weighted by atomic mass is 32.2. The van der Waals surface area contributed by atoms with Crippen molar-refractivity contribution < 1.29 is 4.39 Å².